The third-order valence-electron chi connectivity index (χ3n) is 6.10. The fourth-order valence-electron chi connectivity index (χ4n) is 4.21. The fraction of sp³-hybridized carbons (Fsp3) is 0.565. The SMILES string of the molecule is CCCC[n+]1ccn(CCOC(=O)C(O)(c2ccccc2)C2CCC(F)(F)C2)c1C. The van der Waals surface area contributed by atoms with Crippen LogP contribution in [0, 0.1) is 12.8 Å². The number of nitrogens with zero attached hydrogens (tertiary/aromatic N) is 2. The second-order valence-corrected chi connectivity index (χ2v) is 8.15. The van der Waals surface area contributed by atoms with Crippen molar-refractivity contribution in [3.63, 3.8) is 0 Å². The van der Waals surface area contributed by atoms with Gasteiger partial charge in [0.1, 0.15) is 25.5 Å². The number of hydrogen-bond donors (Lipinski definition) is 1. The van der Waals surface area contributed by atoms with Crippen molar-refractivity contribution in [2.75, 3.05) is 6.61 Å². The summed E-state index contributed by atoms with van der Waals surface area (Å²) in [6.07, 6.45) is 5.32. The highest BCUT2D eigenvalue weighted by atomic mass is 19.3. The van der Waals surface area contributed by atoms with Gasteiger partial charge in [0.25, 0.3) is 5.82 Å². The van der Waals surface area contributed by atoms with Crippen LogP contribution in [-0.2, 0) is 28.2 Å². The zero-order chi connectivity index (χ0) is 21.8. The summed E-state index contributed by atoms with van der Waals surface area (Å²) in [6.45, 7) is 5.56. The van der Waals surface area contributed by atoms with Gasteiger partial charge < -0.3 is 9.84 Å². The number of rotatable bonds is 9. The Morgan fingerprint density at radius 1 is 1.37 bits per heavy atom. The van der Waals surface area contributed by atoms with Gasteiger partial charge in [-0.2, -0.15) is 0 Å². The Morgan fingerprint density at radius 2 is 2.10 bits per heavy atom. The zero-order valence-corrected chi connectivity index (χ0v) is 17.7. The largest absolute Gasteiger partial charge is 0.459 e. The average molecular weight is 422 g/mol. The van der Waals surface area contributed by atoms with E-state index < -0.39 is 29.8 Å². The lowest BCUT2D eigenvalue weighted by molar-refractivity contribution is -0.702. The van der Waals surface area contributed by atoms with Crippen molar-refractivity contribution in [2.45, 2.75) is 70.6 Å². The molecular formula is C23H31F2N2O3+. The van der Waals surface area contributed by atoms with Gasteiger partial charge in [0, 0.05) is 25.7 Å². The summed E-state index contributed by atoms with van der Waals surface area (Å²) in [5.74, 6) is -3.57. The number of alkyl halides is 2. The highest BCUT2D eigenvalue weighted by Gasteiger charge is 2.54. The van der Waals surface area contributed by atoms with E-state index in [0.717, 1.165) is 25.2 Å². The monoisotopic (exact) mass is 421 g/mol. The third-order valence-corrected chi connectivity index (χ3v) is 6.10. The van der Waals surface area contributed by atoms with Gasteiger partial charge in [0.05, 0.1) is 6.54 Å². The second kappa shape index (κ2) is 9.25. The molecule has 0 saturated heterocycles. The molecule has 1 fully saturated rings. The highest BCUT2D eigenvalue weighted by molar-refractivity contribution is 5.81. The molecule has 7 heteroatoms. The quantitative estimate of drug-likeness (QED) is 0.496. The smallest absolute Gasteiger partial charge is 0.343 e. The lowest BCUT2D eigenvalue weighted by Gasteiger charge is -2.32. The van der Waals surface area contributed by atoms with E-state index >= 15 is 0 Å². The topological polar surface area (TPSA) is 55.3 Å². The van der Waals surface area contributed by atoms with Crippen molar-refractivity contribution in [3.8, 4) is 0 Å². The Labute approximate surface area is 176 Å². The first-order chi connectivity index (χ1) is 14.3. The Bertz CT molecular complexity index is 853. The van der Waals surface area contributed by atoms with Crippen LogP contribution in [0.2, 0.25) is 0 Å². The number of halogens is 2. The number of aryl methyl sites for hydroxylation is 1. The number of ether oxygens (including phenoxy) is 1. The number of carbonyl (C=O) groups excluding carboxylic acids is 1. The summed E-state index contributed by atoms with van der Waals surface area (Å²) in [5, 5.41) is 11.3. The van der Waals surface area contributed by atoms with E-state index in [9.17, 15) is 18.7 Å². The summed E-state index contributed by atoms with van der Waals surface area (Å²) < 4.78 is 37.2. The maximum absolute atomic E-state index is 13.8. The van der Waals surface area contributed by atoms with E-state index in [1.54, 1.807) is 30.3 Å². The number of hydrogen-bond acceptors (Lipinski definition) is 3. The zero-order valence-electron chi connectivity index (χ0n) is 17.7. The normalized spacial score (nSPS) is 20.1. The molecule has 0 amide bonds. The molecule has 164 valence electrons. The van der Waals surface area contributed by atoms with Crippen LogP contribution in [-0.4, -0.2) is 28.2 Å². The van der Waals surface area contributed by atoms with Gasteiger partial charge >= 0.3 is 5.97 Å². The van der Waals surface area contributed by atoms with E-state index in [4.69, 9.17) is 4.74 Å². The van der Waals surface area contributed by atoms with Gasteiger partial charge in [-0.3, -0.25) is 0 Å². The summed E-state index contributed by atoms with van der Waals surface area (Å²) in [7, 11) is 0. The van der Waals surface area contributed by atoms with Crippen molar-refractivity contribution in [2.24, 2.45) is 5.92 Å². The Morgan fingerprint density at radius 3 is 2.73 bits per heavy atom. The molecule has 0 bridgehead atoms. The third kappa shape index (κ3) is 4.72. The first kappa shape index (κ1) is 22.4. The van der Waals surface area contributed by atoms with E-state index in [0.29, 0.717) is 12.1 Å². The van der Waals surface area contributed by atoms with Crippen LogP contribution >= 0.6 is 0 Å². The molecule has 1 heterocycles. The molecule has 1 saturated carbocycles. The van der Waals surface area contributed by atoms with E-state index in [1.807, 2.05) is 23.9 Å². The molecule has 30 heavy (non-hydrogen) atoms. The van der Waals surface area contributed by atoms with Gasteiger partial charge in [-0.15, -0.1) is 0 Å². The number of unbranched alkanes of at least 4 members (excludes halogenated alkanes) is 1. The molecule has 0 aliphatic heterocycles. The predicted octanol–water partition coefficient (Wildman–Crippen LogP) is 3.75. The van der Waals surface area contributed by atoms with Crippen LogP contribution in [0.1, 0.15) is 50.4 Å². The number of benzene rings is 1. The summed E-state index contributed by atoms with van der Waals surface area (Å²) in [5.41, 5.74) is -1.78. The minimum absolute atomic E-state index is 0.0559. The molecule has 2 unspecified atom stereocenters. The minimum atomic E-state index is -2.87. The van der Waals surface area contributed by atoms with Crippen molar-refractivity contribution < 1.29 is 28.0 Å². The van der Waals surface area contributed by atoms with Crippen molar-refractivity contribution in [1.29, 1.82) is 0 Å². The second-order valence-electron chi connectivity index (χ2n) is 8.15. The van der Waals surface area contributed by atoms with Crippen LogP contribution in [0.25, 0.3) is 0 Å². The number of aliphatic hydroxyl groups is 1. The maximum atomic E-state index is 13.8. The van der Waals surface area contributed by atoms with Crippen LogP contribution in [0.3, 0.4) is 0 Å². The number of carbonyl (C=O) groups is 1. The number of imidazole rings is 1. The van der Waals surface area contributed by atoms with Crippen molar-refractivity contribution >= 4 is 5.97 Å². The van der Waals surface area contributed by atoms with Crippen LogP contribution < -0.4 is 4.57 Å². The molecule has 1 aliphatic carbocycles. The van der Waals surface area contributed by atoms with Crippen molar-refractivity contribution in [1.82, 2.24) is 4.57 Å². The fourth-order valence-corrected chi connectivity index (χ4v) is 4.21. The summed E-state index contributed by atoms with van der Waals surface area (Å²) >= 11 is 0. The number of aromatic nitrogens is 2. The lowest BCUT2D eigenvalue weighted by Crippen LogP contribution is -2.44. The van der Waals surface area contributed by atoms with E-state index in [-0.39, 0.29) is 19.4 Å². The molecule has 2 atom stereocenters. The highest BCUT2D eigenvalue weighted by Crippen LogP contribution is 2.47. The maximum Gasteiger partial charge on any atom is 0.343 e. The van der Waals surface area contributed by atoms with Gasteiger partial charge in [-0.1, -0.05) is 43.7 Å². The molecule has 2 aromatic rings. The predicted molar refractivity (Wildman–Crippen MR) is 108 cm³/mol. The first-order valence-electron chi connectivity index (χ1n) is 10.7. The molecule has 0 radical (unpaired) electrons. The summed E-state index contributed by atoms with van der Waals surface area (Å²) in [4.78, 5) is 13.0. The Kier molecular flexibility index (Phi) is 6.91. The van der Waals surface area contributed by atoms with Crippen molar-refractivity contribution in [3.05, 3.63) is 54.1 Å². The number of esters is 1. The molecule has 1 aromatic carbocycles. The summed E-state index contributed by atoms with van der Waals surface area (Å²) in [6, 6.07) is 8.29. The minimum Gasteiger partial charge on any atom is -0.459 e. The molecule has 0 spiro atoms. The van der Waals surface area contributed by atoms with Gasteiger partial charge in [-0.25, -0.2) is 22.7 Å². The van der Waals surface area contributed by atoms with E-state index in [2.05, 4.69) is 11.5 Å². The standard InChI is InChI=1S/C23H31F2N2O3/c1-3-4-12-26-13-14-27(18(26)2)15-16-30-21(28)23(29,19-8-6-5-7-9-19)20-10-11-22(24,25)17-20/h5-9,13-14,20,29H,3-4,10-12,15-17H2,1-2H3/q+1. The van der Waals surface area contributed by atoms with Crippen LogP contribution in [0.15, 0.2) is 42.7 Å². The molecule has 3 rings (SSSR count). The first-order valence-corrected chi connectivity index (χ1v) is 10.7. The molecule has 1 aliphatic rings. The van der Waals surface area contributed by atoms with Crippen LogP contribution in [0.4, 0.5) is 8.78 Å². The average Bonchev–Trinajstić information content (AvgIpc) is 3.28. The molecule has 1 aromatic heterocycles. The Hall–Kier alpha value is -2.28. The molecule has 1 N–H and O–H groups in total. The Balaban J connectivity index is 1.70. The van der Waals surface area contributed by atoms with Gasteiger partial charge in [0.2, 0.25) is 5.92 Å². The van der Waals surface area contributed by atoms with E-state index in [1.165, 1.54) is 0 Å². The van der Waals surface area contributed by atoms with Crippen LogP contribution in [0.5, 0.6) is 0 Å². The lowest BCUT2D eigenvalue weighted by atomic mass is 9.80. The molecule has 5 nitrogen and oxygen atoms in total. The molecular weight excluding hydrogens is 390 g/mol. The van der Waals surface area contributed by atoms with Gasteiger partial charge in [-0.05, 0) is 18.4 Å². The van der Waals surface area contributed by atoms with Gasteiger partial charge in [0.15, 0.2) is 5.60 Å².